The van der Waals surface area contributed by atoms with E-state index in [1.54, 1.807) is 24.3 Å². The van der Waals surface area contributed by atoms with E-state index in [2.05, 4.69) is 5.32 Å². The molecule has 2 atom stereocenters. The van der Waals surface area contributed by atoms with E-state index in [4.69, 9.17) is 0 Å². The van der Waals surface area contributed by atoms with Crippen LogP contribution < -0.4 is 5.32 Å². The van der Waals surface area contributed by atoms with E-state index in [0.717, 1.165) is 62.7 Å². The molecule has 2 unspecified atom stereocenters. The van der Waals surface area contributed by atoms with Crippen LogP contribution in [0.5, 0.6) is 0 Å². The Hall–Kier alpha value is -2.17. The summed E-state index contributed by atoms with van der Waals surface area (Å²) < 4.78 is 0. The zero-order valence-electron chi connectivity index (χ0n) is 18.1. The van der Waals surface area contributed by atoms with Gasteiger partial charge in [0, 0.05) is 18.0 Å². The van der Waals surface area contributed by atoms with Gasteiger partial charge < -0.3 is 5.32 Å². The van der Waals surface area contributed by atoms with Crippen LogP contribution in [-0.2, 0) is 4.79 Å². The SMILES string of the molecule is O=C(NC12CC3CC(CC(C3)C1)C2)C1CCCCC1CN1C(=O)c2ccccc2C1=O. The van der Waals surface area contributed by atoms with Gasteiger partial charge in [-0.3, -0.25) is 19.3 Å². The van der Waals surface area contributed by atoms with Gasteiger partial charge >= 0.3 is 0 Å². The lowest BCUT2D eigenvalue weighted by atomic mass is 9.53. The standard InChI is InChI=1S/C26H32N2O3/c29-23(27-26-12-16-9-17(13-26)11-18(10-16)14-26)20-6-2-1-5-19(20)15-28-24(30)21-7-3-4-8-22(21)25(28)31/h3-4,7-8,16-20H,1-2,5-6,9-15H2,(H,27,29). The van der Waals surface area contributed by atoms with Crippen molar-refractivity contribution in [3.05, 3.63) is 35.4 Å². The van der Waals surface area contributed by atoms with Gasteiger partial charge in [0.2, 0.25) is 5.91 Å². The van der Waals surface area contributed by atoms with E-state index in [0.29, 0.717) is 17.7 Å². The zero-order valence-corrected chi connectivity index (χ0v) is 18.1. The highest BCUT2D eigenvalue weighted by atomic mass is 16.2. The lowest BCUT2D eigenvalue weighted by Gasteiger charge is -2.57. The van der Waals surface area contributed by atoms with Crippen molar-refractivity contribution in [2.24, 2.45) is 29.6 Å². The highest BCUT2D eigenvalue weighted by Crippen LogP contribution is 2.55. The van der Waals surface area contributed by atoms with Crippen LogP contribution in [0.2, 0.25) is 0 Å². The quantitative estimate of drug-likeness (QED) is 0.744. The molecule has 7 rings (SSSR count). The summed E-state index contributed by atoms with van der Waals surface area (Å²) in [5.74, 6) is 2.14. The fourth-order valence-electron chi connectivity index (χ4n) is 8.03. The number of amides is 3. The molecule has 4 bridgehead atoms. The molecular weight excluding hydrogens is 388 g/mol. The minimum absolute atomic E-state index is 0.0172. The first-order valence-electron chi connectivity index (χ1n) is 12.3. The maximum Gasteiger partial charge on any atom is 0.261 e. The Kier molecular flexibility index (Phi) is 4.52. The van der Waals surface area contributed by atoms with Crippen molar-refractivity contribution in [2.75, 3.05) is 6.54 Å². The smallest absolute Gasteiger partial charge is 0.261 e. The summed E-state index contributed by atoms with van der Waals surface area (Å²) in [7, 11) is 0. The van der Waals surface area contributed by atoms with Crippen molar-refractivity contribution in [1.82, 2.24) is 10.2 Å². The van der Waals surface area contributed by atoms with E-state index < -0.39 is 0 Å². The summed E-state index contributed by atoms with van der Waals surface area (Å²) in [6.07, 6.45) is 11.4. The molecular formula is C26H32N2O3. The summed E-state index contributed by atoms with van der Waals surface area (Å²) in [5.41, 5.74) is 1.01. The van der Waals surface area contributed by atoms with Crippen LogP contribution in [0.15, 0.2) is 24.3 Å². The fourth-order valence-corrected chi connectivity index (χ4v) is 8.03. The van der Waals surface area contributed by atoms with E-state index in [-0.39, 0.29) is 35.1 Å². The summed E-state index contributed by atoms with van der Waals surface area (Å²) in [6, 6.07) is 7.06. The minimum Gasteiger partial charge on any atom is -0.350 e. The molecule has 5 nitrogen and oxygen atoms in total. The van der Waals surface area contributed by atoms with Crippen molar-refractivity contribution >= 4 is 17.7 Å². The number of carbonyl (C=O) groups is 3. The lowest BCUT2D eigenvalue weighted by Crippen LogP contribution is -2.61. The molecule has 1 aliphatic heterocycles. The third-order valence-electron chi connectivity index (χ3n) is 8.97. The van der Waals surface area contributed by atoms with Crippen LogP contribution in [0.4, 0.5) is 0 Å². The van der Waals surface area contributed by atoms with Crippen LogP contribution >= 0.6 is 0 Å². The van der Waals surface area contributed by atoms with Crippen molar-refractivity contribution in [3.63, 3.8) is 0 Å². The van der Waals surface area contributed by atoms with Gasteiger partial charge in [-0.1, -0.05) is 25.0 Å². The first-order chi connectivity index (χ1) is 15.0. The van der Waals surface area contributed by atoms with Crippen molar-refractivity contribution < 1.29 is 14.4 Å². The summed E-state index contributed by atoms with van der Waals surface area (Å²) in [6.45, 7) is 0.366. The predicted octanol–water partition coefficient (Wildman–Crippen LogP) is 4.17. The average Bonchev–Trinajstić information content (AvgIpc) is 2.98. The molecule has 6 aliphatic rings. The molecule has 0 aromatic heterocycles. The zero-order chi connectivity index (χ0) is 21.2. The molecule has 5 aliphatic carbocycles. The van der Waals surface area contributed by atoms with E-state index >= 15 is 0 Å². The average molecular weight is 421 g/mol. The second-order valence-corrected chi connectivity index (χ2v) is 11.1. The molecule has 0 spiro atoms. The number of fused-ring (bicyclic) bond motifs is 1. The largest absolute Gasteiger partial charge is 0.350 e. The lowest BCUT2D eigenvalue weighted by molar-refractivity contribution is -0.133. The maximum absolute atomic E-state index is 13.5. The van der Waals surface area contributed by atoms with E-state index in [1.165, 1.54) is 24.2 Å². The number of hydrogen-bond donors (Lipinski definition) is 1. The van der Waals surface area contributed by atoms with Crippen molar-refractivity contribution in [1.29, 1.82) is 0 Å². The Labute approximate surface area is 183 Å². The highest BCUT2D eigenvalue weighted by Gasteiger charge is 2.52. The number of benzene rings is 1. The summed E-state index contributed by atoms with van der Waals surface area (Å²) >= 11 is 0. The maximum atomic E-state index is 13.5. The van der Waals surface area contributed by atoms with Crippen LogP contribution in [0.1, 0.15) is 84.9 Å². The van der Waals surface area contributed by atoms with Gasteiger partial charge in [-0.25, -0.2) is 0 Å². The van der Waals surface area contributed by atoms with Crippen molar-refractivity contribution in [2.45, 2.75) is 69.7 Å². The molecule has 5 heteroatoms. The normalized spacial score (nSPS) is 38.5. The second kappa shape index (κ2) is 7.18. The first-order valence-corrected chi connectivity index (χ1v) is 12.3. The van der Waals surface area contributed by atoms with Gasteiger partial charge in [0.15, 0.2) is 0 Å². The number of nitrogens with one attached hydrogen (secondary N) is 1. The van der Waals surface area contributed by atoms with Crippen LogP contribution in [0.3, 0.4) is 0 Å². The van der Waals surface area contributed by atoms with Crippen LogP contribution in [-0.4, -0.2) is 34.7 Å². The molecule has 5 fully saturated rings. The second-order valence-electron chi connectivity index (χ2n) is 11.1. The van der Waals surface area contributed by atoms with Gasteiger partial charge in [0.25, 0.3) is 11.8 Å². The van der Waals surface area contributed by atoms with Gasteiger partial charge in [-0.15, -0.1) is 0 Å². The summed E-state index contributed by atoms with van der Waals surface area (Å²) in [5, 5.41) is 3.56. The molecule has 164 valence electrons. The van der Waals surface area contributed by atoms with E-state index in [9.17, 15) is 14.4 Å². The van der Waals surface area contributed by atoms with Crippen molar-refractivity contribution in [3.8, 4) is 0 Å². The third kappa shape index (κ3) is 3.23. The number of hydrogen-bond acceptors (Lipinski definition) is 3. The first kappa shape index (κ1) is 19.5. The number of nitrogens with zero attached hydrogens (tertiary/aromatic N) is 1. The molecule has 3 amide bonds. The Morgan fingerprint density at radius 2 is 1.45 bits per heavy atom. The molecule has 31 heavy (non-hydrogen) atoms. The third-order valence-corrected chi connectivity index (χ3v) is 8.97. The number of carbonyl (C=O) groups excluding carboxylic acids is 3. The Morgan fingerprint density at radius 1 is 0.903 bits per heavy atom. The van der Waals surface area contributed by atoms with Crippen LogP contribution in [0, 0.1) is 29.6 Å². The molecule has 0 saturated heterocycles. The predicted molar refractivity (Wildman–Crippen MR) is 116 cm³/mol. The van der Waals surface area contributed by atoms with Crippen LogP contribution in [0.25, 0.3) is 0 Å². The Balaban J connectivity index is 1.18. The molecule has 0 radical (unpaired) electrons. The molecule has 1 aromatic rings. The fraction of sp³-hybridized carbons (Fsp3) is 0.654. The van der Waals surface area contributed by atoms with Gasteiger partial charge in [-0.2, -0.15) is 0 Å². The molecule has 5 saturated carbocycles. The monoisotopic (exact) mass is 420 g/mol. The Morgan fingerprint density at radius 3 is 2.03 bits per heavy atom. The number of imide groups is 1. The molecule has 1 N–H and O–H groups in total. The highest BCUT2D eigenvalue weighted by molar-refractivity contribution is 6.21. The van der Waals surface area contributed by atoms with E-state index in [1.807, 2.05) is 0 Å². The molecule has 1 heterocycles. The minimum atomic E-state index is -0.202. The van der Waals surface area contributed by atoms with Gasteiger partial charge in [0.1, 0.15) is 0 Å². The number of rotatable bonds is 4. The Bertz CT molecular complexity index is 868. The molecule has 1 aromatic carbocycles. The topological polar surface area (TPSA) is 66.5 Å². The van der Waals surface area contributed by atoms with Gasteiger partial charge in [0.05, 0.1) is 11.1 Å². The summed E-state index contributed by atoms with van der Waals surface area (Å²) in [4.78, 5) is 40.7. The van der Waals surface area contributed by atoms with Gasteiger partial charge in [-0.05, 0) is 87.2 Å².